The molecule has 1 fully saturated rings. The second-order valence-electron chi connectivity index (χ2n) is 6.70. The Balaban J connectivity index is 1.54. The molecular weight excluding hydrogens is 400 g/mol. The van der Waals surface area contributed by atoms with Gasteiger partial charge in [0.05, 0.1) is 23.8 Å². The minimum Gasteiger partial charge on any atom is -0.466 e. The first-order chi connectivity index (χ1) is 14.6. The van der Waals surface area contributed by atoms with E-state index in [0.717, 1.165) is 27.7 Å². The number of carbonyl (C=O) groups is 2. The van der Waals surface area contributed by atoms with Crippen molar-refractivity contribution >= 4 is 45.9 Å². The van der Waals surface area contributed by atoms with Crippen LogP contribution in [0.5, 0.6) is 0 Å². The van der Waals surface area contributed by atoms with E-state index in [1.165, 1.54) is 18.7 Å². The van der Waals surface area contributed by atoms with Crippen molar-refractivity contribution in [1.82, 2.24) is 10.3 Å². The van der Waals surface area contributed by atoms with Gasteiger partial charge in [-0.05, 0) is 11.6 Å². The molecular formula is C22H20N4O3S. The fourth-order valence-electron chi connectivity index (χ4n) is 3.22. The van der Waals surface area contributed by atoms with Gasteiger partial charge >= 0.3 is 5.97 Å². The first-order valence-electron chi connectivity index (χ1n) is 9.50. The van der Waals surface area contributed by atoms with Gasteiger partial charge in [-0.3, -0.25) is 9.59 Å². The molecule has 1 saturated heterocycles. The normalized spacial score (nSPS) is 17.7. The SMILES string of the molecule is CC(=O)OCC[C@H]1S/C(=N\N=C/c2c(-c3ccccc3)[nH]c3ccccc23)NC1=O. The Kier molecular flexibility index (Phi) is 5.94. The van der Waals surface area contributed by atoms with Crippen molar-refractivity contribution in [3.05, 3.63) is 60.2 Å². The lowest BCUT2D eigenvalue weighted by Crippen LogP contribution is -2.25. The summed E-state index contributed by atoms with van der Waals surface area (Å²) in [5.41, 5.74) is 3.96. The average molecular weight is 420 g/mol. The van der Waals surface area contributed by atoms with Crippen molar-refractivity contribution in [3.63, 3.8) is 0 Å². The van der Waals surface area contributed by atoms with Crippen LogP contribution in [0, 0.1) is 0 Å². The Morgan fingerprint density at radius 1 is 1.17 bits per heavy atom. The molecule has 3 aromatic rings. The number of carbonyl (C=O) groups excluding carboxylic acids is 2. The van der Waals surface area contributed by atoms with Crippen LogP contribution in [0.15, 0.2) is 64.8 Å². The van der Waals surface area contributed by atoms with E-state index in [4.69, 9.17) is 4.74 Å². The molecule has 1 amide bonds. The van der Waals surface area contributed by atoms with Gasteiger partial charge in [0.1, 0.15) is 0 Å². The Labute approximate surface area is 177 Å². The highest BCUT2D eigenvalue weighted by Crippen LogP contribution is 2.29. The van der Waals surface area contributed by atoms with E-state index in [0.29, 0.717) is 11.6 Å². The van der Waals surface area contributed by atoms with Crippen LogP contribution in [0.3, 0.4) is 0 Å². The second kappa shape index (κ2) is 8.96. The van der Waals surface area contributed by atoms with Crippen LogP contribution < -0.4 is 5.32 Å². The third kappa shape index (κ3) is 4.44. The molecule has 1 atom stereocenters. The quantitative estimate of drug-likeness (QED) is 0.361. The molecule has 30 heavy (non-hydrogen) atoms. The fraction of sp³-hybridized carbons (Fsp3) is 0.182. The van der Waals surface area contributed by atoms with Gasteiger partial charge in [0.25, 0.3) is 0 Å². The summed E-state index contributed by atoms with van der Waals surface area (Å²) in [6.45, 7) is 1.55. The van der Waals surface area contributed by atoms with Gasteiger partial charge in [0.2, 0.25) is 5.91 Å². The van der Waals surface area contributed by atoms with Crippen LogP contribution in [-0.2, 0) is 14.3 Å². The molecule has 0 radical (unpaired) electrons. The van der Waals surface area contributed by atoms with Crippen molar-refractivity contribution < 1.29 is 14.3 Å². The predicted molar refractivity (Wildman–Crippen MR) is 120 cm³/mol. The number of hydrogen-bond donors (Lipinski definition) is 2. The monoisotopic (exact) mass is 420 g/mol. The van der Waals surface area contributed by atoms with Crippen LogP contribution >= 0.6 is 11.8 Å². The number of hydrogen-bond acceptors (Lipinski definition) is 6. The summed E-state index contributed by atoms with van der Waals surface area (Å²) in [5, 5.41) is 12.3. The van der Waals surface area contributed by atoms with Crippen molar-refractivity contribution in [3.8, 4) is 11.3 Å². The summed E-state index contributed by atoms with van der Waals surface area (Å²) in [4.78, 5) is 26.4. The number of thioether (sulfide) groups is 1. The lowest BCUT2D eigenvalue weighted by molar-refractivity contribution is -0.141. The van der Waals surface area contributed by atoms with Crippen LogP contribution in [-0.4, -0.2) is 40.1 Å². The molecule has 2 aromatic carbocycles. The van der Waals surface area contributed by atoms with Crippen LogP contribution in [0.25, 0.3) is 22.2 Å². The van der Waals surface area contributed by atoms with E-state index in [-0.39, 0.29) is 23.7 Å². The third-order valence-corrected chi connectivity index (χ3v) is 5.75. The molecule has 0 bridgehead atoms. The molecule has 1 aromatic heterocycles. The topological polar surface area (TPSA) is 95.9 Å². The maximum absolute atomic E-state index is 12.1. The third-order valence-electron chi connectivity index (χ3n) is 4.61. The summed E-state index contributed by atoms with van der Waals surface area (Å²) in [5.74, 6) is -0.511. The van der Waals surface area contributed by atoms with Gasteiger partial charge in [0, 0.05) is 29.8 Å². The number of amides is 1. The highest BCUT2D eigenvalue weighted by atomic mass is 32.2. The number of amidine groups is 1. The van der Waals surface area contributed by atoms with Gasteiger partial charge in [-0.15, -0.1) is 5.10 Å². The molecule has 4 rings (SSSR count). The molecule has 1 aliphatic heterocycles. The van der Waals surface area contributed by atoms with Crippen molar-refractivity contribution in [2.45, 2.75) is 18.6 Å². The maximum atomic E-state index is 12.1. The Morgan fingerprint density at radius 2 is 1.93 bits per heavy atom. The summed E-state index contributed by atoms with van der Waals surface area (Å²) in [7, 11) is 0. The number of nitrogens with zero attached hydrogens (tertiary/aromatic N) is 2. The zero-order valence-electron chi connectivity index (χ0n) is 16.3. The van der Waals surface area contributed by atoms with Gasteiger partial charge in [0.15, 0.2) is 5.17 Å². The molecule has 0 unspecified atom stereocenters. The molecule has 8 heteroatoms. The Hall–Kier alpha value is -3.39. The number of H-pyrrole nitrogens is 1. The molecule has 2 heterocycles. The molecule has 1 aliphatic rings. The number of nitrogens with one attached hydrogen (secondary N) is 2. The van der Waals surface area contributed by atoms with Crippen molar-refractivity contribution in [1.29, 1.82) is 0 Å². The number of aromatic amines is 1. The van der Waals surface area contributed by atoms with E-state index >= 15 is 0 Å². The molecule has 0 aliphatic carbocycles. The Morgan fingerprint density at radius 3 is 2.73 bits per heavy atom. The van der Waals surface area contributed by atoms with Gasteiger partial charge < -0.3 is 15.0 Å². The molecule has 2 N–H and O–H groups in total. The summed E-state index contributed by atoms with van der Waals surface area (Å²) in [6, 6.07) is 18.0. The van der Waals surface area contributed by atoms with Crippen LogP contribution in [0.2, 0.25) is 0 Å². The summed E-state index contributed by atoms with van der Waals surface area (Å²) >= 11 is 1.29. The largest absolute Gasteiger partial charge is 0.466 e. The number of para-hydroxylation sites is 1. The molecule has 152 valence electrons. The maximum Gasteiger partial charge on any atom is 0.302 e. The minimum atomic E-state index is -0.357. The number of fused-ring (bicyclic) bond motifs is 1. The van der Waals surface area contributed by atoms with E-state index in [9.17, 15) is 9.59 Å². The standard InChI is InChI=1S/C22H20N4O3S/c1-14(27)29-12-11-19-21(28)25-22(30-19)26-23-13-17-16-9-5-6-10-18(16)24-20(17)15-7-3-2-4-8-15/h2-10,13,19,24H,11-12H2,1H3,(H,25,26,28)/b23-13-/t19-/m1/s1. The van der Waals surface area contributed by atoms with E-state index in [2.05, 4.69) is 20.5 Å². The average Bonchev–Trinajstić information content (AvgIpc) is 3.29. The minimum absolute atomic E-state index is 0.154. The van der Waals surface area contributed by atoms with Crippen molar-refractivity contribution in [2.75, 3.05) is 6.61 Å². The zero-order chi connectivity index (χ0) is 20.9. The predicted octanol–water partition coefficient (Wildman–Crippen LogP) is 3.71. The summed E-state index contributed by atoms with van der Waals surface area (Å²) in [6.07, 6.45) is 2.13. The fourth-order valence-corrected chi connectivity index (χ4v) is 4.12. The molecule has 7 nitrogen and oxygen atoms in total. The van der Waals surface area contributed by atoms with Crippen LogP contribution in [0.4, 0.5) is 0 Å². The Bertz CT molecular complexity index is 1140. The second-order valence-corrected chi connectivity index (χ2v) is 7.89. The van der Waals surface area contributed by atoms with E-state index in [1.54, 1.807) is 6.21 Å². The highest BCUT2D eigenvalue weighted by Gasteiger charge is 2.30. The summed E-state index contributed by atoms with van der Waals surface area (Å²) < 4.78 is 4.91. The van der Waals surface area contributed by atoms with Gasteiger partial charge in [-0.2, -0.15) is 5.10 Å². The van der Waals surface area contributed by atoms with Crippen molar-refractivity contribution in [2.24, 2.45) is 10.2 Å². The van der Waals surface area contributed by atoms with Gasteiger partial charge in [-0.1, -0.05) is 60.3 Å². The molecule has 0 spiro atoms. The number of benzene rings is 2. The first kappa shape index (κ1) is 19.9. The highest BCUT2D eigenvalue weighted by molar-refractivity contribution is 8.15. The number of ether oxygens (including phenoxy) is 1. The smallest absolute Gasteiger partial charge is 0.302 e. The lowest BCUT2D eigenvalue weighted by atomic mass is 10.1. The number of esters is 1. The number of aromatic nitrogens is 1. The number of rotatable bonds is 6. The molecule has 0 saturated carbocycles. The first-order valence-corrected chi connectivity index (χ1v) is 10.4. The zero-order valence-corrected chi connectivity index (χ0v) is 17.1. The van der Waals surface area contributed by atoms with Gasteiger partial charge in [-0.25, -0.2) is 0 Å². The van der Waals surface area contributed by atoms with E-state index < -0.39 is 0 Å². The lowest BCUT2D eigenvalue weighted by Gasteiger charge is -2.04. The van der Waals surface area contributed by atoms with E-state index in [1.807, 2.05) is 54.6 Å². The van der Waals surface area contributed by atoms with Crippen LogP contribution in [0.1, 0.15) is 18.9 Å².